The fourth-order valence-corrected chi connectivity index (χ4v) is 2.92. The smallest absolute Gasteiger partial charge is 0.00205 e. The minimum atomic E-state index is 0.793. The van der Waals surface area contributed by atoms with Gasteiger partial charge in [-0.25, -0.2) is 0 Å². The Hall–Kier alpha value is -0.0400. The highest BCUT2D eigenvalue weighted by Crippen LogP contribution is 2.63. The lowest BCUT2D eigenvalue weighted by Gasteiger charge is -2.62. The summed E-state index contributed by atoms with van der Waals surface area (Å²) in [6.07, 6.45) is 4.49. The van der Waals surface area contributed by atoms with Crippen molar-refractivity contribution in [3.05, 3.63) is 0 Å². The van der Waals surface area contributed by atoms with Crippen LogP contribution in [0, 0.1) is 17.3 Å². The van der Waals surface area contributed by atoms with Crippen LogP contribution in [-0.2, 0) is 0 Å². The summed E-state index contributed by atoms with van der Waals surface area (Å²) in [5.41, 5.74) is 0.793. The van der Waals surface area contributed by atoms with Gasteiger partial charge in [-0.1, -0.05) is 6.92 Å². The Morgan fingerprint density at radius 3 is 2.70 bits per heavy atom. The Morgan fingerprint density at radius 2 is 2.40 bits per heavy atom. The summed E-state index contributed by atoms with van der Waals surface area (Å²) >= 11 is 0. The van der Waals surface area contributed by atoms with E-state index in [4.69, 9.17) is 0 Å². The van der Waals surface area contributed by atoms with Crippen molar-refractivity contribution in [2.75, 3.05) is 13.6 Å². The van der Waals surface area contributed by atoms with Gasteiger partial charge in [0, 0.05) is 0 Å². The van der Waals surface area contributed by atoms with Gasteiger partial charge in [0.15, 0.2) is 0 Å². The van der Waals surface area contributed by atoms with Gasteiger partial charge in [0.2, 0.25) is 0 Å². The third-order valence-corrected chi connectivity index (χ3v) is 3.69. The van der Waals surface area contributed by atoms with E-state index in [9.17, 15) is 0 Å². The average molecular weight is 139 g/mol. The number of nitrogens with one attached hydrogen (secondary N) is 1. The maximum Gasteiger partial charge on any atom is -0.00205 e. The van der Waals surface area contributed by atoms with Gasteiger partial charge in [0.05, 0.1) is 0 Å². The first-order chi connectivity index (χ1) is 4.76. The molecule has 0 saturated heterocycles. The predicted octanol–water partition coefficient (Wildman–Crippen LogP) is 1.64. The first-order valence-corrected chi connectivity index (χ1v) is 4.41. The summed E-state index contributed by atoms with van der Waals surface area (Å²) in [5.74, 6) is 2.10. The second-order valence-corrected chi connectivity index (χ2v) is 4.32. The van der Waals surface area contributed by atoms with E-state index in [-0.39, 0.29) is 0 Å². The van der Waals surface area contributed by atoms with E-state index in [0.29, 0.717) is 0 Å². The van der Waals surface area contributed by atoms with Crippen molar-refractivity contribution >= 4 is 0 Å². The summed E-state index contributed by atoms with van der Waals surface area (Å²) in [5, 5.41) is 3.27. The zero-order valence-electron chi connectivity index (χ0n) is 6.98. The van der Waals surface area contributed by atoms with Gasteiger partial charge in [-0.3, -0.25) is 0 Å². The van der Waals surface area contributed by atoms with Gasteiger partial charge in [0.25, 0.3) is 0 Å². The van der Waals surface area contributed by atoms with Crippen molar-refractivity contribution in [3.63, 3.8) is 0 Å². The SMILES string of the molecule is CNCC1CC2(C)CCC12. The van der Waals surface area contributed by atoms with Crippen LogP contribution in [0.2, 0.25) is 0 Å². The van der Waals surface area contributed by atoms with Crippen molar-refractivity contribution in [3.8, 4) is 0 Å². The standard InChI is InChI=1S/C9H17N/c1-9-4-3-8(9)7(5-9)6-10-2/h7-8,10H,3-6H2,1-2H3. The monoisotopic (exact) mass is 139 g/mol. The van der Waals surface area contributed by atoms with Crippen LogP contribution in [0.5, 0.6) is 0 Å². The van der Waals surface area contributed by atoms with Crippen molar-refractivity contribution in [1.82, 2.24) is 5.32 Å². The van der Waals surface area contributed by atoms with Crippen LogP contribution in [0.15, 0.2) is 0 Å². The quantitative estimate of drug-likeness (QED) is 0.613. The summed E-state index contributed by atoms with van der Waals surface area (Å²) in [6, 6.07) is 0. The molecule has 0 amide bonds. The molecule has 1 heteroatoms. The molecule has 2 saturated carbocycles. The van der Waals surface area contributed by atoms with Gasteiger partial charge in [-0.05, 0) is 50.1 Å². The molecule has 0 aromatic heterocycles. The van der Waals surface area contributed by atoms with Gasteiger partial charge in [-0.2, -0.15) is 0 Å². The Morgan fingerprint density at radius 1 is 1.60 bits per heavy atom. The molecule has 2 aliphatic carbocycles. The molecule has 1 N–H and O–H groups in total. The van der Waals surface area contributed by atoms with E-state index >= 15 is 0 Å². The zero-order valence-corrected chi connectivity index (χ0v) is 6.98. The molecule has 0 aromatic carbocycles. The van der Waals surface area contributed by atoms with E-state index in [1.165, 1.54) is 25.8 Å². The third-order valence-electron chi connectivity index (χ3n) is 3.69. The van der Waals surface area contributed by atoms with Crippen LogP contribution >= 0.6 is 0 Å². The van der Waals surface area contributed by atoms with Gasteiger partial charge in [0.1, 0.15) is 0 Å². The molecule has 2 rings (SSSR count). The van der Waals surface area contributed by atoms with Crippen LogP contribution in [0.1, 0.15) is 26.2 Å². The lowest BCUT2D eigenvalue weighted by Crippen LogP contribution is -2.55. The van der Waals surface area contributed by atoms with Gasteiger partial charge in [-0.15, -0.1) is 0 Å². The van der Waals surface area contributed by atoms with E-state index in [2.05, 4.69) is 19.3 Å². The van der Waals surface area contributed by atoms with E-state index in [1.807, 2.05) is 0 Å². The Balaban J connectivity index is 1.86. The molecule has 1 nitrogen and oxygen atoms in total. The molecule has 0 bridgehead atoms. The fourth-order valence-electron chi connectivity index (χ4n) is 2.92. The van der Waals surface area contributed by atoms with E-state index in [0.717, 1.165) is 17.3 Å². The van der Waals surface area contributed by atoms with Crippen LogP contribution < -0.4 is 5.32 Å². The summed E-state index contributed by atoms with van der Waals surface area (Å²) < 4.78 is 0. The first kappa shape index (κ1) is 6.66. The van der Waals surface area contributed by atoms with Gasteiger partial charge < -0.3 is 5.32 Å². The largest absolute Gasteiger partial charge is 0.319 e. The van der Waals surface area contributed by atoms with Crippen LogP contribution in [-0.4, -0.2) is 13.6 Å². The highest BCUT2D eigenvalue weighted by molar-refractivity contribution is 5.06. The fraction of sp³-hybridized carbons (Fsp3) is 1.00. The maximum atomic E-state index is 3.27. The summed E-state index contributed by atoms with van der Waals surface area (Å²) in [6.45, 7) is 3.70. The summed E-state index contributed by atoms with van der Waals surface area (Å²) in [7, 11) is 2.06. The molecule has 2 aliphatic rings. The molecule has 58 valence electrons. The minimum absolute atomic E-state index is 0.793. The molecule has 0 spiro atoms. The maximum absolute atomic E-state index is 3.27. The zero-order chi connectivity index (χ0) is 7.19. The summed E-state index contributed by atoms with van der Waals surface area (Å²) in [4.78, 5) is 0. The lowest BCUT2D eigenvalue weighted by molar-refractivity contribution is -0.117. The molecule has 10 heavy (non-hydrogen) atoms. The Bertz CT molecular complexity index is 144. The Labute approximate surface area is 63.2 Å². The van der Waals surface area contributed by atoms with E-state index in [1.54, 1.807) is 0 Å². The van der Waals surface area contributed by atoms with Crippen molar-refractivity contribution < 1.29 is 0 Å². The molecule has 3 atom stereocenters. The molecule has 3 unspecified atom stereocenters. The molecular formula is C9H17N. The number of fused-ring (bicyclic) bond motifs is 1. The molecular weight excluding hydrogens is 122 g/mol. The molecule has 0 aromatic rings. The van der Waals surface area contributed by atoms with Crippen LogP contribution in [0.25, 0.3) is 0 Å². The molecule has 0 radical (unpaired) electrons. The number of rotatable bonds is 2. The highest BCUT2D eigenvalue weighted by atomic mass is 14.8. The third kappa shape index (κ3) is 0.672. The van der Waals surface area contributed by atoms with Crippen molar-refractivity contribution in [1.29, 1.82) is 0 Å². The normalized spacial score (nSPS) is 51.0. The minimum Gasteiger partial charge on any atom is -0.319 e. The molecule has 0 aliphatic heterocycles. The van der Waals surface area contributed by atoms with Crippen molar-refractivity contribution in [2.45, 2.75) is 26.2 Å². The molecule has 2 fully saturated rings. The highest BCUT2D eigenvalue weighted by Gasteiger charge is 2.55. The lowest BCUT2D eigenvalue weighted by atomic mass is 9.44. The Kier molecular flexibility index (Phi) is 1.31. The molecule has 0 heterocycles. The first-order valence-electron chi connectivity index (χ1n) is 4.41. The second kappa shape index (κ2) is 1.97. The number of hydrogen-bond acceptors (Lipinski definition) is 1. The number of hydrogen-bond donors (Lipinski definition) is 1. The average Bonchev–Trinajstić information content (AvgIpc) is 1.87. The van der Waals surface area contributed by atoms with Crippen LogP contribution in [0.4, 0.5) is 0 Å². The van der Waals surface area contributed by atoms with Crippen molar-refractivity contribution in [2.24, 2.45) is 17.3 Å². The van der Waals surface area contributed by atoms with Gasteiger partial charge >= 0.3 is 0 Å². The van der Waals surface area contributed by atoms with E-state index < -0.39 is 0 Å². The second-order valence-electron chi connectivity index (χ2n) is 4.32. The topological polar surface area (TPSA) is 12.0 Å². The van der Waals surface area contributed by atoms with Crippen LogP contribution in [0.3, 0.4) is 0 Å². The predicted molar refractivity (Wildman–Crippen MR) is 42.9 cm³/mol.